The lowest BCUT2D eigenvalue weighted by atomic mass is 9.98. The predicted octanol–water partition coefficient (Wildman–Crippen LogP) is 3.12. The number of piperidine rings is 1. The number of nitrogens with one attached hydrogen (secondary N) is 1. The molecular weight excluding hydrogens is 378 g/mol. The molecule has 30 heavy (non-hydrogen) atoms. The van der Waals surface area contributed by atoms with E-state index >= 15 is 0 Å². The lowest BCUT2D eigenvalue weighted by Gasteiger charge is -2.30. The van der Waals surface area contributed by atoms with Crippen molar-refractivity contribution in [1.82, 2.24) is 18.9 Å². The summed E-state index contributed by atoms with van der Waals surface area (Å²) in [5, 5.41) is 9.34. The average molecular weight is 406 g/mol. The van der Waals surface area contributed by atoms with Crippen molar-refractivity contribution in [3.8, 4) is 0 Å². The summed E-state index contributed by atoms with van der Waals surface area (Å²) in [6.45, 7) is 3.62. The molecule has 0 bridgehead atoms. The van der Waals surface area contributed by atoms with E-state index in [4.69, 9.17) is 10.4 Å². The third-order valence-corrected chi connectivity index (χ3v) is 6.75. The van der Waals surface area contributed by atoms with Crippen LogP contribution >= 0.6 is 0 Å². The van der Waals surface area contributed by atoms with Crippen LogP contribution in [-0.2, 0) is 0 Å². The molecule has 156 valence electrons. The van der Waals surface area contributed by atoms with Crippen LogP contribution < -0.4 is 11.0 Å². The number of fused-ring (bicyclic) bond motifs is 2. The topological polar surface area (TPSA) is 83.5 Å². The SMILES string of the molecule is CC1CCN(C(=O)c2cc3c(=O)n4ccccc4nc3n(C3CCCC3)c2=N)CC1. The van der Waals surface area contributed by atoms with E-state index in [1.807, 2.05) is 15.5 Å². The second kappa shape index (κ2) is 7.38. The summed E-state index contributed by atoms with van der Waals surface area (Å²) in [4.78, 5) is 33.2. The fourth-order valence-corrected chi connectivity index (χ4v) is 4.91. The Balaban J connectivity index is 1.75. The molecule has 1 aliphatic carbocycles. The standard InChI is InChI=1S/C23H27N5O2/c1-15-9-12-26(13-10-15)22(29)17-14-18-21(28(20(17)24)16-6-2-3-7-16)25-19-8-4-5-11-27(19)23(18)30/h4-5,8,11,14-16,24H,2-3,6-7,9-10,12-13H2,1H3. The number of amides is 1. The zero-order chi connectivity index (χ0) is 20.8. The number of carbonyl (C=O) groups is 1. The highest BCUT2D eigenvalue weighted by Gasteiger charge is 2.27. The van der Waals surface area contributed by atoms with Crippen molar-refractivity contribution >= 4 is 22.6 Å². The Morgan fingerprint density at radius 3 is 2.60 bits per heavy atom. The van der Waals surface area contributed by atoms with E-state index in [-0.39, 0.29) is 23.0 Å². The molecule has 2 fully saturated rings. The van der Waals surface area contributed by atoms with Crippen LogP contribution in [0.4, 0.5) is 0 Å². The van der Waals surface area contributed by atoms with Crippen LogP contribution in [0.2, 0.25) is 0 Å². The monoisotopic (exact) mass is 405 g/mol. The summed E-state index contributed by atoms with van der Waals surface area (Å²) in [5.41, 5.74) is 1.39. The molecule has 2 aliphatic rings. The van der Waals surface area contributed by atoms with Gasteiger partial charge in [0, 0.05) is 25.3 Å². The second-order valence-electron chi connectivity index (χ2n) is 8.77. The van der Waals surface area contributed by atoms with Crippen molar-refractivity contribution in [1.29, 1.82) is 5.41 Å². The van der Waals surface area contributed by atoms with Crippen LogP contribution in [0, 0.1) is 11.3 Å². The lowest BCUT2D eigenvalue weighted by molar-refractivity contribution is 0.0694. The van der Waals surface area contributed by atoms with Gasteiger partial charge in [0.15, 0.2) is 0 Å². The Bertz CT molecular complexity index is 1240. The lowest BCUT2D eigenvalue weighted by Crippen LogP contribution is -2.42. The molecule has 3 aromatic heterocycles. The summed E-state index contributed by atoms with van der Waals surface area (Å²) in [6, 6.07) is 7.17. The van der Waals surface area contributed by atoms with E-state index in [1.165, 1.54) is 4.40 Å². The first-order valence-corrected chi connectivity index (χ1v) is 10.9. The summed E-state index contributed by atoms with van der Waals surface area (Å²) in [5.74, 6) is 0.475. The number of likely N-dealkylation sites (tertiary alicyclic amines) is 1. The minimum Gasteiger partial charge on any atom is -0.339 e. The van der Waals surface area contributed by atoms with Crippen molar-refractivity contribution in [3.63, 3.8) is 0 Å². The molecular formula is C23H27N5O2. The third-order valence-electron chi connectivity index (χ3n) is 6.75. The molecule has 5 rings (SSSR count). The van der Waals surface area contributed by atoms with Crippen molar-refractivity contribution in [2.45, 2.75) is 51.5 Å². The van der Waals surface area contributed by atoms with Crippen LogP contribution in [0.1, 0.15) is 61.8 Å². The molecule has 4 heterocycles. The highest BCUT2D eigenvalue weighted by Crippen LogP contribution is 2.30. The largest absolute Gasteiger partial charge is 0.339 e. The first-order chi connectivity index (χ1) is 14.5. The van der Waals surface area contributed by atoms with Gasteiger partial charge in [0.25, 0.3) is 11.5 Å². The Labute approximate surface area is 174 Å². The number of nitrogens with zero attached hydrogens (tertiary/aromatic N) is 4. The molecule has 1 saturated heterocycles. The molecule has 7 nitrogen and oxygen atoms in total. The van der Waals surface area contributed by atoms with Gasteiger partial charge in [0.2, 0.25) is 0 Å². The van der Waals surface area contributed by atoms with E-state index in [9.17, 15) is 9.59 Å². The number of aromatic nitrogens is 3. The fourth-order valence-electron chi connectivity index (χ4n) is 4.91. The summed E-state index contributed by atoms with van der Waals surface area (Å²) in [7, 11) is 0. The third kappa shape index (κ3) is 3.04. The molecule has 0 aromatic carbocycles. The van der Waals surface area contributed by atoms with Gasteiger partial charge in [0.05, 0.1) is 10.9 Å². The highest BCUT2D eigenvalue weighted by atomic mass is 16.2. The van der Waals surface area contributed by atoms with E-state index in [0.29, 0.717) is 41.3 Å². The van der Waals surface area contributed by atoms with Gasteiger partial charge in [-0.15, -0.1) is 0 Å². The molecule has 0 atom stereocenters. The van der Waals surface area contributed by atoms with Crippen molar-refractivity contribution in [3.05, 3.63) is 51.9 Å². The molecule has 1 aliphatic heterocycles. The van der Waals surface area contributed by atoms with Crippen molar-refractivity contribution in [2.75, 3.05) is 13.1 Å². The molecule has 3 aromatic rings. The van der Waals surface area contributed by atoms with E-state index < -0.39 is 0 Å². The van der Waals surface area contributed by atoms with Crippen LogP contribution in [0.25, 0.3) is 16.7 Å². The van der Waals surface area contributed by atoms with Crippen LogP contribution in [-0.4, -0.2) is 37.8 Å². The van der Waals surface area contributed by atoms with Crippen molar-refractivity contribution < 1.29 is 4.79 Å². The van der Waals surface area contributed by atoms with Gasteiger partial charge in [-0.1, -0.05) is 25.8 Å². The molecule has 0 unspecified atom stereocenters. The van der Waals surface area contributed by atoms with Gasteiger partial charge in [-0.25, -0.2) is 4.98 Å². The van der Waals surface area contributed by atoms with Gasteiger partial charge in [-0.3, -0.25) is 19.4 Å². The number of carbonyl (C=O) groups excluding carboxylic acids is 1. The molecule has 0 radical (unpaired) electrons. The Morgan fingerprint density at radius 1 is 1.13 bits per heavy atom. The zero-order valence-electron chi connectivity index (χ0n) is 17.3. The van der Waals surface area contributed by atoms with E-state index in [0.717, 1.165) is 38.5 Å². The normalized spacial score (nSPS) is 18.5. The second-order valence-corrected chi connectivity index (χ2v) is 8.77. The Morgan fingerprint density at radius 2 is 1.87 bits per heavy atom. The highest BCUT2D eigenvalue weighted by molar-refractivity contribution is 5.97. The first kappa shape index (κ1) is 19.0. The van der Waals surface area contributed by atoms with Gasteiger partial charge >= 0.3 is 0 Å². The molecule has 1 N–H and O–H groups in total. The van der Waals surface area contributed by atoms with Gasteiger partial charge in [-0.2, -0.15) is 0 Å². The molecule has 1 saturated carbocycles. The van der Waals surface area contributed by atoms with Gasteiger partial charge < -0.3 is 9.47 Å². The maximum absolute atomic E-state index is 13.4. The summed E-state index contributed by atoms with van der Waals surface area (Å²) in [6.07, 6.45) is 7.72. The summed E-state index contributed by atoms with van der Waals surface area (Å²) >= 11 is 0. The Kier molecular flexibility index (Phi) is 4.68. The smallest absolute Gasteiger partial charge is 0.267 e. The van der Waals surface area contributed by atoms with E-state index in [2.05, 4.69) is 6.92 Å². The zero-order valence-corrected chi connectivity index (χ0v) is 17.3. The molecule has 1 amide bonds. The predicted molar refractivity (Wildman–Crippen MR) is 115 cm³/mol. The first-order valence-electron chi connectivity index (χ1n) is 10.9. The number of hydrogen-bond donors (Lipinski definition) is 1. The fraction of sp³-hybridized carbons (Fsp3) is 0.478. The average Bonchev–Trinajstić information content (AvgIpc) is 3.28. The summed E-state index contributed by atoms with van der Waals surface area (Å²) < 4.78 is 3.37. The Hall–Kier alpha value is -2.96. The maximum Gasteiger partial charge on any atom is 0.267 e. The van der Waals surface area contributed by atoms with Crippen LogP contribution in [0.5, 0.6) is 0 Å². The van der Waals surface area contributed by atoms with Gasteiger partial charge in [-0.05, 0) is 49.8 Å². The van der Waals surface area contributed by atoms with Gasteiger partial charge in [0.1, 0.15) is 16.8 Å². The minimum absolute atomic E-state index is 0.104. The maximum atomic E-state index is 13.4. The molecule has 0 spiro atoms. The number of hydrogen-bond acceptors (Lipinski definition) is 4. The number of pyridine rings is 2. The number of rotatable bonds is 2. The van der Waals surface area contributed by atoms with Crippen molar-refractivity contribution in [2.24, 2.45) is 5.92 Å². The van der Waals surface area contributed by atoms with Crippen LogP contribution in [0.3, 0.4) is 0 Å². The van der Waals surface area contributed by atoms with E-state index in [1.54, 1.807) is 24.4 Å². The molecule has 7 heteroatoms. The quantitative estimate of drug-likeness (QED) is 0.665. The van der Waals surface area contributed by atoms with Crippen LogP contribution in [0.15, 0.2) is 35.3 Å². The minimum atomic E-state index is -0.191.